The maximum Gasteiger partial charge on any atom is 0.219 e. The van der Waals surface area contributed by atoms with E-state index in [-0.39, 0.29) is 0 Å². The lowest BCUT2D eigenvalue weighted by Gasteiger charge is -2.12. The van der Waals surface area contributed by atoms with Crippen molar-refractivity contribution < 1.29 is 4.74 Å². The van der Waals surface area contributed by atoms with Crippen molar-refractivity contribution >= 4 is 21.8 Å². The third-order valence-electron chi connectivity index (χ3n) is 7.94. The average Bonchev–Trinajstić information content (AvgIpc) is 3.30. The van der Waals surface area contributed by atoms with Crippen LogP contribution >= 0.6 is 0 Å². The van der Waals surface area contributed by atoms with Crippen LogP contribution < -0.4 is 4.74 Å². The maximum absolute atomic E-state index is 6.20. The summed E-state index contributed by atoms with van der Waals surface area (Å²) < 4.78 is 8.52. The molecule has 0 saturated heterocycles. The number of nitrogens with zero attached hydrogens (tertiary/aromatic N) is 3. The number of ether oxygens (including phenoxy) is 1. The highest BCUT2D eigenvalue weighted by atomic mass is 16.5. The van der Waals surface area contributed by atoms with Crippen LogP contribution in [0, 0.1) is 0 Å². The molecule has 0 aliphatic carbocycles. The van der Waals surface area contributed by atoms with E-state index >= 15 is 0 Å². The Labute approximate surface area is 242 Å². The molecule has 3 aromatic carbocycles. The molecular weight excluding hydrogens is 502 g/mol. The Balaban J connectivity index is 1.48. The van der Waals surface area contributed by atoms with E-state index in [2.05, 4.69) is 112 Å². The topological polar surface area (TPSA) is 39.9 Å². The first kappa shape index (κ1) is 26.8. The first-order valence-electron chi connectivity index (χ1n) is 14.6. The molecule has 4 heteroatoms. The number of aromatic nitrogens is 3. The van der Waals surface area contributed by atoms with Gasteiger partial charge in [-0.2, -0.15) is 0 Å². The summed E-state index contributed by atoms with van der Waals surface area (Å²) in [6.45, 7) is 13.3. The number of hydrogen-bond acceptors (Lipinski definition) is 3. The zero-order valence-corrected chi connectivity index (χ0v) is 24.7. The SMILES string of the molecule is CC(C)c1ccnc(Oc2cccc(-c3ccc4c5cc(C(C)C)ccc5n(-c5cc(C(C)C)ccn5)c4c3)c2)c1. The fourth-order valence-electron chi connectivity index (χ4n) is 5.44. The van der Waals surface area contributed by atoms with Gasteiger partial charge in [0.2, 0.25) is 5.88 Å². The Hall–Kier alpha value is -4.44. The van der Waals surface area contributed by atoms with Gasteiger partial charge in [-0.1, -0.05) is 71.9 Å². The quantitative estimate of drug-likeness (QED) is 0.203. The lowest BCUT2D eigenvalue weighted by molar-refractivity contribution is 0.462. The van der Waals surface area contributed by atoms with Crippen LogP contribution in [0.3, 0.4) is 0 Å². The van der Waals surface area contributed by atoms with Gasteiger partial charge in [0.15, 0.2) is 0 Å². The predicted molar refractivity (Wildman–Crippen MR) is 171 cm³/mol. The molecule has 41 heavy (non-hydrogen) atoms. The summed E-state index contributed by atoms with van der Waals surface area (Å²) >= 11 is 0. The lowest BCUT2D eigenvalue weighted by atomic mass is 9.99. The van der Waals surface area contributed by atoms with E-state index in [0.29, 0.717) is 23.6 Å². The summed E-state index contributed by atoms with van der Waals surface area (Å²) in [5.41, 5.74) is 8.35. The maximum atomic E-state index is 6.20. The molecule has 0 fully saturated rings. The lowest BCUT2D eigenvalue weighted by Crippen LogP contribution is -2.00. The van der Waals surface area contributed by atoms with E-state index in [1.807, 2.05) is 36.7 Å². The van der Waals surface area contributed by atoms with Crippen LogP contribution in [0.15, 0.2) is 97.3 Å². The molecule has 206 valence electrons. The molecule has 0 unspecified atom stereocenters. The number of rotatable bonds is 7. The van der Waals surface area contributed by atoms with Crippen LogP contribution in [0.2, 0.25) is 0 Å². The molecule has 0 atom stereocenters. The number of benzene rings is 3. The minimum Gasteiger partial charge on any atom is -0.439 e. The highest BCUT2D eigenvalue weighted by Gasteiger charge is 2.16. The third-order valence-corrected chi connectivity index (χ3v) is 7.94. The van der Waals surface area contributed by atoms with Gasteiger partial charge in [0.1, 0.15) is 11.6 Å². The first-order chi connectivity index (χ1) is 19.8. The Morgan fingerprint density at radius 2 is 1.24 bits per heavy atom. The fourth-order valence-corrected chi connectivity index (χ4v) is 5.44. The zero-order valence-electron chi connectivity index (χ0n) is 24.7. The molecular formula is C37H37N3O. The van der Waals surface area contributed by atoms with Gasteiger partial charge in [0.25, 0.3) is 0 Å². The second-order valence-corrected chi connectivity index (χ2v) is 11.8. The van der Waals surface area contributed by atoms with Gasteiger partial charge in [-0.25, -0.2) is 9.97 Å². The van der Waals surface area contributed by atoms with Gasteiger partial charge in [-0.3, -0.25) is 4.57 Å². The van der Waals surface area contributed by atoms with Crippen LogP contribution in [0.25, 0.3) is 38.8 Å². The molecule has 0 amide bonds. The smallest absolute Gasteiger partial charge is 0.219 e. The minimum absolute atomic E-state index is 0.414. The summed E-state index contributed by atoms with van der Waals surface area (Å²) in [6.07, 6.45) is 3.74. The molecule has 0 radical (unpaired) electrons. The molecule has 0 aliphatic heterocycles. The summed E-state index contributed by atoms with van der Waals surface area (Å²) in [7, 11) is 0. The molecule has 6 rings (SSSR count). The molecule has 0 aliphatic rings. The average molecular weight is 540 g/mol. The molecule has 4 nitrogen and oxygen atoms in total. The third kappa shape index (κ3) is 5.22. The normalized spacial score (nSPS) is 11.8. The summed E-state index contributed by atoms with van der Waals surface area (Å²) in [4.78, 5) is 9.28. The van der Waals surface area contributed by atoms with E-state index in [0.717, 1.165) is 28.2 Å². The molecule has 0 N–H and O–H groups in total. The predicted octanol–water partition coefficient (Wildman–Crippen LogP) is 10.4. The van der Waals surface area contributed by atoms with Crippen LogP contribution in [-0.4, -0.2) is 14.5 Å². The van der Waals surface area contributed by atoms with Crippen molar-refractivity contribution in [1.82, 2.24) is 14.5 Å². The van der Waals surface area contributed by atoms with Gasteiger partial charge < -0.3 is 4.74 Å². The van der Waals surface area contributed by atoms with Crippen molar-refractivity contribution in [3.05, 3.63) is 114 Å². The monoisotopic (exact) mass is 539 g/mol. The van der Waals surface area contributed by atoms with Gasteiger partial charge in [-0.05, 0) is 94.1 Å². The largest absolute Gasteiger partial charge is 0.439 e. The van der Waals surface area contributed by atoms with Crippen LogP contribution in [0.1, 0.15) is 76.0 Å². The number of hydrogen-bond donors (Lipinski definition) is 0. The fraction of sp³-hybridized carbons (Fsp3) is 0.243. The first-order valence-corrected chi connectivity index (χ1v) is 14.6. The van der Waals surface area contributed by atoms with Crippen molar-refractivity contribution in [2.75, 3.05) is 0 Å². The van der Waals surface area contributed by atoms with Gasteiger partial charge in [0, 0.05) is 29.2 Å². The standard InChI is InChI=1S/C37H37N3O/c1-23(2)26-11-13-34-33(19-26)32-12-10-30(20-35(32)40(34)36-21-27(24(3)4)14-16-38-36)29-8-7-9-31(18-29)41-37-22-28(25(5)6)15-17-39-37/h7-25H,1-6H3. The van der Waals surface area contributed by atoms with Crippen molar-refractivity contribution in [2.24, 2.45) is 0 Å². The second kappa shape index (κ2) is 10.9. The van der Waals surface area contributed by atoms with Gasteiger partial charge in [-0.15, -0.1) is 0 Å². The highest BCUT2D eigenvalue weighted by molar-refractivity contribution is 6.10. The number of pyridine rings is 2. The Bertz CT molecular complexity index is 1860. The van der Waals surface area contributed by atoms with Crippen LogP contribution in [0.5, 0.6) is 11.6 Å². The van der Waals surface area contributed by atoms with Crippen molar-refractivity contribution in [2.45, 2.75) is 59.3 Å². The van der Waals surface area contributed by atoms with E-state index in [1.54, 1.807) is 0 Å². The second-order valence-electron chi connectivity index (χ2n) is 11.8. The van der Waals surface area contributed by atoms with E-state index in [4.69, 9.17) is 9.72 Å². The molecule has 0 saturated carbocycles. The Kier molecular flexibility index (Phi) is 7.08. The Morgan fingerprint density at radius 1 is 0.561 bits per heavy atom. The zero-order chi connectivity index (χ0) is 28.7. The van der Waals surface area contributed by atoms with Gasteiger partial charge in [0.05, 0.1) is 11.0 Å². The minimum atomic E-state index is 0.414. The Morgan fingerprint density at radius 3 is 2.00 bits per heavy atom. The van der Waals surface area contributed by atoms with Crippen molar-refractivity contribution in [3.63, 3.8) is 0 Å². The molecule has 3 aromatic heterocycles. The van der Waals surface area contributed by atoms with Gasteiger partial charge >= 0.3 is 0 Å². The molecule has 3 heterocycles. The number of fused-ring (bicyclic) bond motifs is 3. The highest BCUT2D eigenvalue weighted by Crippen LogP contribution is 2.37. The van der Waals surface area contributed by atoms with Crippen molar-refractivity contribution in [3.8, 4) is 28.6 Å². The van der Waals surface area contributed by atoms with Crippen LogP contribution in [0.4, 0.5) is 0 Å². The van der Waals surface area contributed by atoms with E-state index in [9.17, 15) is 0 Å². The molecule has 6 aromatic rings. The van der Waals surface area contributed by atoms with E-state index in [1.165, 1.54) is 33.0 Å². The molecule has 0 spiro atoms. The summed E-state index contributed by atoms with van der Waals surface area (Å²) in [5, 5.41) is 2.48. The van der Waals surface area contributed by atoms with E-state index < -0.39 is 0 Å². The summed E-state index contributed by atoms with van der Waals surface area (Å²) in [5.74, 6) is 3.62. The van der Waals surface area contributed by atoms with Crippen molar-refractivity contribution in [1.29, 1.82) is 0 Å². The van der Waals surface area contributed by atoms with Crippen LogP contribution in [-0.2, 0) is 0 Å². The summed E-state index contributed by atoms with van der Waals surface area (Å²) in [6, 6.07) is 30.2. The molecule has 0 bridgehead atoms.